The number of azo groups is 1. The zero-order valence-electron chi connectivity index (χ0n) is 17.5. The average Bonchev–Trinajstić information content (AvgIpc) is 3.17. The Hall–Kier alpha value is -4.39. The van der Waals surface area contributed by atoms with Gasteiger partial charge in [-0.3, -0.25) is 4.79 Å². The number of imidazole rings is 1. The molecule has 0 aliphatic carbocycles. The number of aromatic nitrogens is 3. The van der Waals surface area contributed by atoms with Crippen molar-refractivity contribution in [2.45, 2.75) is 19.0 Å². The fourth-order valence-electron chi connectivity index (χ4n) is 3.05. The maximum Gasteiger partial charge on any atom is 0.509 e. The summed E-state index contributed by atoms with van der Waals surface area (Å²) in [4.78, 5) is 34.0. The van der Waals surface area contributed by atoms with Crippen LogP contribution < -0.4 is 22.5 Å². The number of nitrogens with zero attached hydrogens (tertiary/aromatic N) is 7. The van der Waals surface area contributed by atoms with Gasteiger partial charge in [0.15, 0.2) is 22.9 Å². The van der Waals surface area contributed by atoms with Crippen LogP contribution in [0.25, 0.3) is 11.0 Å². The first-order valence-electron chi connectivity index (χ1n) is 9.65. The summed E-state index contributed by atoms with van der Waals surface area (Å²) in [6.07, 6.45) is 2.56. The molecule has 0 amide bonds. The molecule has 3 rings (SSSR count). The van der Waals surface area contributed by atoms with Gasteiger partial charge in [-0.2, -0.15) is 9.91 Å². The lowest BCUT2D eigenvalue weighted by Crippen LogP contribution is -3.00. The molecule has 1 atom stereocenters. The van der Waals surface area contributed by atoms with Gasteiger partial charge in [-0.1, -0.05) is 18.2 Å². The number of rotatable bonds is 9. The number of carboxylic acids is 2. The molecule has 14 heteroatoms. The molecular formula is C20H20ClN7O6. The highest BCUT2D eigenvalue weighted by Gasteiger charge is 2.30. The minimum Gasteiger partial charge on any atom is -1.00 e. The number of aliphatic carboxylic acids is 2. The lowest BCUT2D eigenvalue weighted by atomic mass is 10.2. The van der Waals surface area contributed by atoms with E-state index in [9.17, 15) is 24.6 Å². The molecule has 0 spiro atoms. The largest absolute Gasteiger partial charge is 1.00 e. The third-order valence-electron chi connectivity index (χ3n) is 4.57. The second-order valence-corrected chi connectivity index (χ2v) is 6.68. The summed E-state index contributed by atoms with van der Waals surface area (Å²) in [6.45, 7) is -0.0584. The topological polar surface area (TPSA) is 175 Å². The van der Waals surface area contributed by atoms with Crippen LogP contribution in [0, 0.1) is 0 Å². The Morgan fingerprint density at radius 1 is 1.06 bits per heavy atom. The fraction of sp³-hybridized carbons (Fsp3) is 0.200. The fourth-order valence-corrected chi connectivity index (χ4v) is 3.05. The average molecular weight is 490 g/mol. The summed E-state index contributed by atoms with van der Waals surface area (Å²) < 4.78 is 3.85. The minimum absolute atomic E-state index is 0. The number of benzene rings is 1. The van der Waals surface area contributed by atoms with Gasteiger partial charge in [0.1, 0.15) is 6.54 Å². The first-order chi connectivity index (χ1) is 15.9. The molecule has 178 valence electrons. The van der Waals surface area contributed by atoms with Gasteiger partial charge in [0.05, 0.1) is 6.42 Å². The maximum atomic E-state index is 11.8. The van der Waals surface area contributed by atoms with Crippen molar-refractivity contribution in [2.75, 3.05) is 6.54 Å². The van der Waals surface area contributed by atoms with Crippen LogP contribution in [0.3, 0.4) is 0 Å². The molecule has 1 aromatic carbocycles. The van der Waals surface area contributed by atoms with Crippen molar-refractivity contribution in [1.29, 1.82) is 0 Å². The summed E-state index contributed by atoms with van der Waals surface area (Å²) >= 11 is 0. The number of carbonyl (C=O) groups is 3. The number of carboxylic acid groups (broad SMARTS) is 3. The number of pyridine rings is 1. The smallest absolute Gasteiger partial charge is 0.509 e. The van der Waals surface area contributed by atoms with Crippen LogP contribution in [0.1, 0.15) is 12.5 Å². The Labute approximate surface area is 198 Å². The summed E-state index contributed by atoms with van der Waals surface area (Å²) in [5, 5.41) is 43.0. The van der Waals surface area contributed by atoms with E-state index in [1.807, 2.05) is 0 Å². The van der Waals surface area contributed by atoms with E-state index < -0.39 is 24.1 Å². The molecule has 0 bridgehead atoms. The molecule has 0 saturated heterocycles. The Morgan fingerprint density at radius 2 is 1.79 bits per heavy atom. The second-order valence-electron chi connectivity index (χ2n) is 6.68. The third kappa shape index (κ3) is 6.32. The Bertz CT molecular complexity index is 1310. The molecule has 0 aliphatic heterocycles. The van der Waals surface area contributed by atoms with Crippen molar-refractivity contribution in [1.82, 2.24) is 9.13 Å². The van der Waals surface area contributed by atoms with Crippen LogP contribution in [-0.4, -0.2) is 55.4 Å². The molecule has 0 fully saturated rings. The number of fused-ring (bicyclic) bond motifs is 1. The summed E-state index contributed by atoms with van der Waals surface area (Å²) in [5.41, 5.74) is 1.17. The molecule has 2 heterocycles. The predicted molar refractivity (Wildman–Crippen MR) is 113 cm³/mol. The maximum absolute atomic E-state index is 11.8. The first kappa shape index (κ1) is 25.9. The van der Waals surface area contributed by atoms with E-state index in [0.29, 0.717) is 16.5 Å². The van der Waals surface area contributed by atoms with Crippen molar-refractivity contribution in [3.63, 3.8) is 0 Å². The molecule has 0 radical (unpaired) electrons. The number of hydrogen-bond acceptors (Lipinski definition) is 6. The van der Waals surface area contributed by atoms with Crippen molar-refractivity contribution in [2.24, 2.45) is 20.4 Å². The Kier molecular flexibility index (Phi) is 9.14. The molecule has 1 unspecified atom stereocenters. The van der Waals surface area contributed by atoms with E-state index in [1.165, 1.54) is 10.9 Å². The van der Waals surface area contributed by atoms with E-state index in [-0.39, 0.29) is 31.9 Å². The molecule has 3 N–H and O–H groups in total. The molecule has 3 aromatic rings. The van der Waals surface area contributed by atoms with Crippen LogP contribution in [-0.2, 0) is 16.1 Å². The van der Waals surface area contributed by atoms with E-state index in [2.05, 4.69) is 20.4 Å². The van der Waals surface area contributed by atoms with Gasteiger partial charge < -0.3 is 32.3 Å². The van der Waals surface area contributed by atoms with Crippen LogP contribution in [0.4, 0.5) is 4.79 Å². The Morgan fingerprint density at radius 3 is 2.50 bits per heavy atom. The van der Waals surface area contributed by atoms with Gasteiger partial charge in [-0.25, -0.2) is 9.36 Å². The van der Waals surface area contributed by atoms with Crippen LogP contribution in [0.5, 0.6) is 0 Å². The first-order valence-corrected chi connectivity index (χ1v) is 9.65. The highest BCUT2D eigenvalue weighted by atomic mass is 35.5. The van der Waals surface area contributed by atoms with Crippen LogP contribution in [0.2, 0.25) is 0 Å². The van der Waals surface area contributed by atoms with E-state index in [0.717, 1.165) is 10.9 Å². The van der Waals surface area contributed by atoms with E-state index >= 15 is 0 Å². The molecule has 2 aromatic heterocycles. The number of halogens is 1. The molecule has 0 aliphatic rings. The zero-order chi connectivity index (χ0) is 23.8. The van der Waals surface area contributed by atoms with Crippen LogP contribution >= 0.6 is 0 Å². The van der Waals surface area contributed by atoms with Gasteiger partial charge in [0.25, 0.3) is 6.33 Å². The summed E-state index contributed by atoms with van der Waals surface area (Å²) in [6, 6.07) is 10.4. The molecule has 13 nitrogen and oxygen atoms in total. The molecular weight excluding hydrogens is 470 g/mol. The zero-order valence-corrected chi connectivity index (χ0v) is 18.3. The van der Waals surface area contributed by atoms with E-state index in [1.54, 1.807) is 53.2 Å². The monoisotopic (exact) mass is 489 g/mol. The molecule has 34 heavy (non-hydrogen) atoms. The minimum atomic E-state index is -1.24. The highest BCUT2D eigenvalue weighted by Crippen LogP contribution is 2.13. The van der Waals surface area contributed by atoms with Gasteiger partial charge >= 0.3 is 18.0 Å². The Balaban J connectivity index is 0.00000408. The predicted octanol–water partition coefficient (Wildman–Crippen LogP) is -1.64. The lowest BCUT2D eigenvalue weighted by Gasteiger charge is -2.05. The SMILES string of the molecule is O=C(O)CCn1ccccc1=NN=CN=NCC(C(=O)O)[n+]1cn(C(=O)O)c2ccccc21.[Cl-]. The summed E-state index contributed by atoms with van der Waals surface area (Å²) in [7, 11) is 0. The number of hydrogen-bond donors (Lipinski definition) is 3. The highest BCUT2D eigenvalue weighted by molar-refractivity contribution is 5.84. The quantitative estimate of drug-likeness (QED) is 0.107. The summed E-state index contributed by atoms with van der Waals surface area (Å²) in [5.74, 6) is -2.15. The second kappa shape index (κ2) is 12.0. The van der Waals surface area contributed by atoms with Crippen molar-refractivity contribution >= 4 is 35.4 Å². The van der Waals surface area contributed by atoms with Gasteiger partial charge in [0, 0.05) is 12.7 Å². The van der Waals surface area contributed by atoms with Gasteiger partial charge in [-0.05, 0) is 24.3 Å². The van der Waals surface area contributed by atoms with Crippen molar-refractivity contribution in [3.05, 3.63) is 60.5 Å². The van der Waals surface area contributed by atoms with Gasteiger partial charge in [-0.15, -0.1) is 19.9 Å². The third-order valence-corrected chi connectivity index (χ3v) is 4.57. The number of para-hydroxylation sites is 2. The number of aryl methyl sites for hydroxylation is 1. The standard InChI is InChI=1S/C20H19N7O6.ClH/c28-18(29)8-10-25-9-4-3-7-17(25)24-23-12-22-21-11-16(19(30)31)26-13-27(20(32)33)15-6-2-1-5-14(15)26;/h1-7,9,12-13,16H,8,10-11H2,(H2-,28,29,30,31,32,33);1H. The normalized spacial score (nSPS) is 12.8. The van der Waals surface area contributed by atoms with Gasteiger partial charge in [0.2, 0.25) is 6.04 Å². The van der Waals surface area contributed by atoms with E-state index in [4.69, 9.17) is 5.11 Å². The van der Waals surface area contributed by atoms with Crippen molar-refractivity contribution < 1.29 is 46.7 Å². The van der Waals surface area contributed by atoms with Crippen molar-refractivity contribution in [3.8, 4) is 0 Å². The van der Waals surface area contributed by atoms with Crippen LogP contribution in [0.15, 0.2) is 75.4 Å². The molecule has 0 saturated carbocycles. The lowest BCUT2D eigenvalue weighted by molar-refractivity contribution is -0.683.